The Morgan fingerprint density at radius 2 is 1.70 bits per heavy atom. The van der Waals surface area contributed by atoms with Crippen molar-refractivity contribution in [3.63, 3.8) is 0 Å². The maximum atomic E-state index is 13.0. The number of carbonyl (C=O) groups is 2. The minimum absolute atomic E-state index is 0.00175. The van der Waals surface area contributed by atoms with Gasteiger partial charge in [0.05, 0.1) is 25.1 Å². The van der Waals surface area contributed by atoms with Crippen LogP contribution in [0.1, 0.15) is 52.1 Å². The standard InChI is InChI=1S/C31H29N3O3/c1-21(2)17-18-37-26-15-11-22(12-16-26)19-32-33-30(35)25-13-9-23(10-14-25)20-34-28-8-4-6-24-5-3-7-27(29(24)28)31(34)36/h3-16,19,21H,17-18,20H2,1-2H3,(H,33,35). The van der Waals surface area contributed by atoms with Crippen LogP contribution in [0.25, 0.3) is 10.8 Å². The molecule has 37 heavy (non-hydrogen) atoms. The Balaban J connectivity index is 1.17. The predicted molar refractivity (Wildman–Crippen MR) is 147 cm³/mol. The third-order valence-corrected chi connectivity index (χ3v) is 6.43. The largest absolute Gasteiger partial charge is 0.494 e. The van der Waals surface area contributed by atoms with Crippen LogP contribution in [0, 0.1) is 5.92 Å². The van der Waals surface area contributed by atoms with Gasteiger partial charge in [-0.05, 0) is 77.4 Å². The van der Waals surface area contributed by atoms with Gasteiger partial charge in [-0.15, -0.1) is 0 Å². The molecule has 5 rings (SSSR count). The summed E-state index contributed by atoms with van der Waals surface area (Å²) in [6.45, 7) is 5.46. The fourth-order valence-electron chi connectivity index (χ4n) is 4.37. The van der Waals surface area contributed by atoms with Crippen molar-refractivity contribution in [3.8, 4) is 5.75 Å². The van der Waals surface area contributed by atoms with Gasteiger partial charge in [-0.25, -0.2) is 5.43 Å². The maximum absolute atomic E-state index is 13.0. The second-order valence-corrected chi connectivity index (χ2v) is 9.57. The van der Waals surface area contributed by atoms with Crippen molar-refractivity contribution < 1.29 is 14.3 Å². The summed E-state index contributed by atoms with van der Waals surface area (Å²) in [4.78, 5) is 27.3. The number of benzene rings is 4. The number of hydrazone groups is 1. The van der Waals surface area contributed by atoms with Crippen LogP contribution >= 0.6 is 0 Å². The number of nitrogens with one attached hydrogen (secondary N) is 1. The zero-order valence-electron chi connectivity index (χ0n) is 21.0. The maximum Gasteiger partial charge on any atom is 0.271 e. The van der Waals surface area contributed by atoms with Crippen molar-refractivity contribution in [3.05, 3.63) is 107 Å². The minimum Gasteiger partial charge on any atom is -0.494 e. The van der Waals surface area contributed by atoms with Gasteiger partial charge in [0, 0.05) is 16.5 Å². The number of hydrogen-bond acceptors (Lipinski definition) is 4. The molecule has 0 fully saturated rings. The molecule has 1 aliphatic heterocycles. The first-order chi connectivity index (χ1) is 18.0. The van der Waals surface area contributed by atoms with Gasteiger partial charge in [0.1, 0.15) is 5.75 Å². The third kappa shape index (κ3) is 5.38. The lowest BCUT2D eigenvalue weighted by Crippen LogP contribution is -2.26. The normalized spacial score (nSPS) is 12.6. The van der Waals surface area contributed by atoms with E-state index in [4.69, 9.17) is 4.74 Å². The van der Waals surface area contributed by atoms with Gasteiger partial charge in [0.2, 0.25) is 0 Å². The molecular weight excluding hydrogens is 462 g/mol. The monoisotopic (exact) mass is 491 g/mol. The number of rotatable bonds is 9. The minimum atomic E-state index is -0.300. The van der Waals surface area contributed by atoms with Crippen LogP contribution in [0.4, 0.5) is 5.69 Å². The second-order valence-electron chi connectivity index (χ2n) is 9.57. The molecule has 1 N–H and O–H groups in total. The Morgan fingerprint density at radius 1 is 0.973 bits per heavy atom. The Bertz CT molecular complexity index is 1450. The fraction of sp³-hybridized carbons (Fsp3) is 0.194. The van der Waals surface area contributed by atoms with Crippen LogP contribution in [-0.2, 0) is 6.54 Å². The molecule has 0 aromatic heterocycles. The summed E-state index contributed by atoms with van der Waals surface area (Å²) in [7, 11) is 0. The predicted octanol–water partition coefficient (Wildman–Crippen LogP) is 6.19. The summed E-state index contributed by atoms with van der Waals surface area (Å²) in [5.41, 5.74) is 6.51. The van der Waals surface area contributed by atoms with E-state index in [-0.39, 0.29) is 11.8 Å². The van der Waals surface area contributed by atoms with Crippen LogP contribution in [0.15, 0.2) is 90.0 Å². The number of hydrogen-bond donors (Lipinski definition) is 1. The van der Waals surface area contributed by atoms with E-state index in [0.29, 0.717) is 24.6 Å². The highest BCUT2D eigenvalue weighted by molar-refractivity contribution is 6.24. The smallest absolute Gasteiger partial charge is 0.271 e. The molecule has 0 spiro atoms. The molecule has 6 nitrogen and oxygen atoms in total. The first kappa shape index (κ1) is 24.3. The number of carbonyl (C=O) groups excluding carboxylic acids is 2. The molecule has 4 aromatic carbocycles. The summed E-state index contributed by atoms with van der Waals surface area (Å²) in [6, 6.07) is 26.6. The van der Waals surface area contributed by atoms with E-state index in [2.05, 4.69) is 24.4 Å². The van der Waals surface area contributed by atoms with Gasteiger partial charge in [-0.2, -0.15) is 5.10 Å². The number of anilines is 1. The van der Waals surface area contributed by atoms with Crippen LogP contribution in [-0.4, -0.2) is 24.6 Å². The lowest BCUT2D eigenvalue weighted by molar-refractivity contribution is 0.0953. The summed E-state index contributed by atoms with van der Waals surface area (Å²) in [5.74, 6) is 1.12. The highest BCUT2D eigenvalue weighted by Crippen LogP contribution is 2.37. The molecule has 4 aromatic rings. The Morgan fingerprint density at radius 3 is 2.43 bits per heavy atom. The number of amides is 2. The zero-order valence-corrected chi connectivity index (χ0v) is 21.0. The van der Waals surface area contributed by atoms with Crippen LogP contribution in [0.2, 0.25) is 0 Å². The fourth-order valence-corrected chi connectivity index (χ4v) is 4.37. The van der Waals surface area contributed by atoms with Crippen molar-refractivity contribution >= 4 is 34.5 Å². The summed E-state index contributed by atoms with van der Waals surface area (Å²) in [6.07, 6.45) is 2.61. The molecule has 0 saturated heterocycles. The molecule has 0 saturated carbocycles. The second kappa shape index (κ2) is 10.7. The molecule has 1 heterocycles. The van der Waals surface area contributed by atoms with Gasteiger partial charge in [0.15, 0.2) is 0 Å². The van der Waals surface area contributed by atoms with E-state index in [0.717, 1.165) is 45.3 Å². The highest BCUT2D eigenvalue weighted by Gasteiger charge is 2.29. The molecule has 186 valence electrons. The summed E-state index contributed by atoms with van der Waals surface area (Å²) < 4.78 is 5.72. The lowest BCUT2D eigenvalue weighted by Gasteiger charge is -2.18. The molecule has 0 aliphatic carbocycles. The SMILES string of the molecule is CC(C)CCOc1ccc(C=NNC(=O)c2ccc(CN3C(=O)c4cccc5cccc3c45)cc2)cc1. The van der Waals surface area contributed by atoms with Crippen molar-refractivity contribution in [2.24, 2.45) is 11.0 Å². The van der Waals surface area contributed by atoms with Gasteiger partial charge >= 0.3 is 0 Å². The van der Waals surface area contributed by atoms with E-state index < -0.39 is 0 Å². The summed E-state index contributed by atoms with van der Waals surface area (Å²) >= 11 is 0. The summed E-state index contributed by atoms with van der Waals surface area (Å²) in [5, 5.41) is 6.13. The molecule has 0 atom stereocenters. The van der Waals surface area contributed by atoms with E-state index in [1.165, 1.54) is 0 Å². The number of nitrogens with zero attached hydrogens (tertiary/aromatic N) is 2. The van der Waals surface area contributed by atoms with E-state index >= 15 is 0 Å². The first-order valence-corrected chi connectivity index (χ1v) is 12.5. The zero-order chi connectivity index (χ0) is 25.8. The van der Waals surface area contributed by atoms with Crippen LogP contribution < -0.4 is 15.1 Å². The molecular formula is C31H29N3O3. The Kier molecular flexibility index (Phi) is 6.99. The van der Waals surface area contributed by atoms with Crippen LogP contribution in [0.5, 0.6) is 5.75 Å². The molecule has 1 aliphatic rings. The van der Waals surface area contributed by atoms with Crippen molar-refractivity contribution in [1.29, 1.82) is 0 Å². The molecule has 6 heteroatoms. The topological polar surface area (TPSA) is 71.0 Å². The Hall–Kier alpha value is -4.45. The van der Waals surface area contributed by atoms with Gasteiger partial charge < -0.3 is 9.64 Å². The van der Waals surface area contributed by atoms with Crippen molar-refractivity contribution in [2.75, 3.05) is 11.5 Å². The quantitative estimate of drug-likeness (QED) is 0.224. The van der Waals surface area contributed by atoms with E-state index in [1.807, 2.05) is 72.8 Å². The van der Waals surface area contributed by atoms with Gasteiger partial charge in [-0.1, -0.05) is 50.2 Å². The van der Waals surface area contributed by atoms with E-state index in [9.17, 15) is 9.59 Å². The van der Waals surface area contributed by atoms with Gasteiger partial charge in [0.25, 0.3) is 11.8 Å². The average molecular weight is 492 g/mol. The highest BCUT2D eigenvalue weighted by atomic mass is 16.5. The van der Waals surface area contributed by atoms with E-state index in [1.54, 1.807) is 23.2 Å². The van der Waals surface area contributed by atoms with Crippen LogP contribution in [0.3, 0.4) is 0 Å². The molecule has 0 radical (unpaired) electrons. The molecule has 2 amide bonds. The average Bonchev–Trinajstić information content (AvgIpc) is 3.18. The van der Waals surface area contributed by atoms with Crippen molar-refractivity contribution in [1.82, 2.24) is 5.43 Å². The van der Waals surface area contributed by atoms with Crippen molar-refractivity contribution in [2.45, 2.75) is 26.8 Å². The first-order valence-electron chi connectivity index (χ1n) is 12.5. The lowest BCUT2D eigenvalue weighted by atomic mass is 10.1. The third-order valence-electron chi connectivity index (χ3n) is 6.43. The Labute approximate surface area is 216 Å². The number of ether oxygens (including phenoxy) is 1. The molecule has 0 unspecified atom stereocenters. The molecule has 0 bridgehead atoms. The van der Waals surface area contributed by atoms with Gasteiger partial charge in [-0.3, -0.25) is 9.59 Å².